The van der Waals surface area contributed by atoms with Crippen molar-refractivity contribution in [2.45, 2.75) is 43.9 Å². The predicted octanol–water partition coefficient (Wildman–Crippen LogP) is 4.21. The van der Waals surface area contributed by atoms with E-state index in [9.17, 15) is 8.42 Å². The van der Waals surface area contributed by atoms with Gasteiger partial charge in [-0.2, -0.15) is 4.31 Å². The summed E-state index contributed by atoms with van der Waals surface area (Å²) in [5.74, 6) is 0. The average Bonchev–Trinajstić information content (AvgIpc) is 3.20. The Morgan fingerprint density at radius 1 is 1.11 bits per heavy atom. The standard InChI is InChI=1S/C20H29N3O3S2/c1-2-3-4-5-6-11-21-20-22-19(16-27-20)17-7-9-18(10-8-17)28(24,25)23-12-14-26-15-13-23/h7-10,16H,2-6,11-15H2,1H3,(H,21,22). The lowest BCUT2D eigenvalue weighted by Crippen LogP contribution is -2.40. The summed E-state index contributed by atoms with van der Waals surface area (Å²) in [7, 11) is -3.45. The largest absolute Gasteiger partial charge is 0.379 e. The van der Waals surface area contributed by atoms with Crippen LogP contribution in [0, 0.1) is 0 Å². The van der Waals surface area contributed by atoms with Crippen molar-refractivity contribution >= 4 is 26.5 Å². The van der Waals surface area contributed by atoms with Gasteiger partial charge in [-0.1, -0.05) is 44.7 Å². The maximum atomic E-state index is 12.7. The summed E-state index contributed by atoms with van der Waals surface area (Å²) < 4.78 is 32.1. The van der Waals surface area contributed by atoms with Crippen LogP contribution in [0.25, 0.3) is 11.3 Å². The number of sulfonamides is 1. The van der Waals surface area contributed by atoms with Crippen molar-refractivity contribution in [2.24, 2.45) is 0 Å². The minimum atomic E-state index is -3.45. The van der Waals surface area contributed by atoms with Crippen LogP contribution in [0.3, 0.4) is 0 Å². The fraction of sp³-hybridized carbons (Fsp3) is 0.550. The molecule has 1 aliphatic heterocycles. The molecule has 0 amide bonds. The van der Waals surface area contributed by atoms with E-state index in [4.69, 9.17) is 4.74 Å². The van der Waals surface area contributed by atoms with E-state index in [-0.39, 0.29) is 0 Å². The lowest BCUT2D eigenvalue weighted by Gasteiger charge is -2.26. The minimum Gasteiger partial charge on any atom is -0.379 e. The second-order valence-electron chi connectivity index (χ2n) is 6.92. The molecule has 2 heterocycles. The van der Waals surface area contributed by atoms with E-state index in [0.717, 1.165) is 29.4 Å². The van der Waals surface area contributed by atoms with Gasteiger partial charge in [0.2, 0.25) is 10.0 Å². The molecule has 0 spiro atoms. The van der Waals surface area contributed by atoms with Gasteiger partial charge >= 0.3 is 0 Å². The fourth-order valence-corrected chi connectivity index (χ4v) is 5.30. The summed E-state index contributed by atoms with van der Waals surface area (Å²) in [5.41, 5.74) is 1.79. The highest BCUT2D eigenvalue weighted by Crippen LogP contribution is 2.27. The van der Waals surface area contributed by atoms with Gasteiger partial charge in [0.15, 0.2) is 5.13 Å². The second-order valence-corrected chi connectivity index (χ2v) is 9.72. The van der Waals surface area contributed by atoms with Gasteiger partial charge in [0, 0.05) is 30.6 Å². The molecule has 1 N–H and O–H groups in total. The molecule has 1 saturated heterocycles. The third-order valence-corrected chi connectivity index (χ3v) is 7.53. The van der Waals surface area contributed by atoms with Gasteiger partial charge in [-0.3, -0.25) is 0 Å². The molecule has 0 atom stereocenters. The van der Waals surface area contributed by atoms with Gasteiger partial charge in [0.05, 0.1) is 23.8 Å². The van der Waals surface area contributed by atoms with E-state index in [2.05, 4.69) is 17.2 Å². The quantitative estimate of drug-likeness (QED) is 0.580. The molecule has 1 fully saturated rings. The third-order valence-electron chi connectivity index (χ3n) is 4.82. The number of nitrogens with zero attached hydrogens (tertiary/aromatic N) is 2. The van der Waals surface area contributed by atoms with Crippen LogP contribution >= 0.6 is 11.3 Å². The van der Waals surface area contributed by atoms with Crippen LogP contribution in [-0.2, 0) is 14.8 Å². The number of benzene rings is 1. The van der Waals surface area contributed by atoms with E-state index in [1.165, 1.54) is 30.0 Å². The minimum absolute atomic E-state index is 0.318. The average molecular weight is 424 g/mol. The first-order valence-corrected chi connectivity index (χ1v) is 12.3. The Morgan fingerprint density at radius 3 is 2.54 bits per heavy atom. The molecule has 0 unspecified atom stereocenters. The molecule has 1 aromatic heterocycles. The van der Waals surface area contributed by atoms with Crippen molar-refractivity contribution in [2.75, 3.05) is 38.2 Å². The Labute approximate surface area is 172 Å². The van der Waals surface area contributed by atoms with Crippen LogP contribution in [0.15, 0.2) is 34.5 Å². The highest BCUT2D eigenvalue weighted by atomic mass is 32.2. The Balaban J connectivity index is 1.57. The summed E-state index contributed by atoms with van der Waals surface area (Å²) in [6.07, 6.45) is 6.26. The zero-order valence-corrected chi connectivity index (χ0v) is 18.0. The second kappa shape index (κ2) is 10.3. The number of anilines is 1. The normalized spacial score (nSPS) is 15.6. The van der Waals surface area contributed by atoms with Crippen LogP contribution in [0.1, 0.15) is 39.0 Å². The predicted molar refractivity (Wildman–Crippen MR) is 114 cm³/mol. The SMILES string of the molecule is CCCCCCCNc1nc(-c2ccc(S(=O)(=O)N3CCOCC3)cc2)cs1. The van der Waals surface area contributed by atoms with Crippen molar-refractivity contribution in [1.82, 2.24) is 9.29 Å². The molecule has 0 bridgehead atoms. The zero-order chi connectivity index (χ0) is 19.8. The molecule has 3 rings (SSSR count). The Bertz CT molecular complexity index is 829. The summed E-state index contributed by atoms with van der Waals surface area (Å²) in [5, 5.41) is 6.30. The van der Waals surface area contributed by atoms with Gasteiger partial charge in [-0.25, -0.2) is 13.4 Å². The molecule has 28 heavy (non-hydrogen) atoms. The lowest BCUT2D eigenvalue weighted by molar-refractivity contribution is 0.0730. The van der Waals surface area contributed by atoms with Gasteiger partial charge in [0.1, 0.15) is 0 Å². The summed E-state index contributed by atoms with van der Waals surface area (Å²) in [6, 6.07) is 6.99. The number of morpholine rings is 1. The molecular weight excluding hydrogens is 394 g/mol. The van der Waals surface area contributed by atoms with E-state index >= 15 is 0 Å². The molecule has 0 aliphatic carbocycles. The topological polar surface area (TPSA) is 71.5 Å². The number of ether oxygens (including phenoxy) is 1. The van der Waals surface area contributed by atoms with Gasteiger partial charge in [-0.15, -0.1) is 11.3 Å². The maximum Gasteiger partial charge on any atom is 0.243 e. The highest BCUT2D eigenvalue weighted by Gasteiger charge is 2.26. The van der Waals surface area contributed by atoms with E-state index < -0.39 is 10.0 Å². The monoisotopic (exact) mass is 423 g/mol. The van der Waals surface area contributed by atoms with Crippen molar-refractivity contribution in [1.29, 1.82) is 0 Å². The zero-order valence-electron chi connectivity index (χ0n) is 16.4. The molecule has 1 aromatic carbocycles. The highest BCUT2D eigenvalue weighted by molar-refractivity contribution is 7.89. The number of unbranched alkanes of at least 4 members (excludes halogenated alkanes) is 4. The lowest BCUT2D eigenvalue weighted by atomic mass is 10.1. The molecule has 0 radical (unpaired) electrons. The molecule has 1 aliphatic rings. The summed E-state index contributed by atoms with van der Waals surface area (Å²) in [6.45, 7) is 4.87. The first kappa shape index (κ1) is 21.2. The van der Waals surface area contributed by atoms with Gasteiger partial charge in [0.25, 0.3) is 0 Å². The number of hydrogen-bond donors (Lipinski definition) is 1. The van der Waals surface area contributed by atoms with E-state index in [1.54, 1.807) is 23.5 Å². The smallest absolute Gasteiger partial charge is 0.243 e. The van der Waals surface area contributed by atoms with Crippen molar-refractivity contribution in [3.63, 3.8) is 0 Å². The first-order chi connectivity index (χ1) is 13.6. The number of thiazole rings is 1. The fourth-order valence-electron chi connectivity index (χ4n) is 3.15. The molecule has 2 aromatic rings. The third kappa shape index (κ3) is 5.53. The van der Waals surface area contributed by atoms with Crippen LogP contribution < -0.4 is 5.32 Å². The van der Waals surface area contributed by atoms with E-state index in [1.807, 2.05) is 17.5 Å². The number of hydrogen-bond acceptors (Lipinski definition) is 6. The van der Waals surface area contributed by atoms with Crippen LogP contribution in [0.2, 0.25) is 0 Å². The van der Waals surface area contributed by atoms with Crippen LogP contribution in [0.5, 0.6) is 0 Å². The van der Waals surface area contributed by atoms with Crippen molar-refractivity contribution in [3.05, 3.63) is 29.6 Å². The molecule has 8 heteroatoms. The van der Waals surface area contributed by atoms with Crippen molar-refractivity contribution in [3.8, 4) is 11.3 Å². The number of aromatic nitrogens is 1. The molecule has 0 saturated carbocycles. The molecule has 6 nitrogen and oxygen atoms in total. The Morgan fingerprint density at radius 2 is 1.82 bits per heavy atom. The molecular formula is C20H29N3O3S2. The maximum absolute atomic E-state index is 12.7. The Kier molecular flexibility index (Phi) is 7.84. The van der Waals surface area contributed by atoms with Gasteiger partial charge < -0.3 is 10.1 Å². The van der Waals surface area contributed by atoms with Gasteiger partial charge in [-0.05, 0) is 18.6 Å². The van der Waals surface area contributed by atoms with Crippen LogP contribution in [-0.4, -0.2) is 50.6 Å². The van der Waals surface area contributed by atoms with Crippen molar-refractivity contribution < 1.29 is 13.2 Å². The van der Waals surface area contributed by atoms with E-state index in [0.29, 0.717) is 31.2 Å². The summed E-state index contributed by atoms with van der Waals surface area (Å²) in [4.78, 5) is 4.95. The molecule has 154 valence electrons. The number of nitrogens with one attached hydrogen (secondary N) is 1. The number of rotatable bonds is 10. The first-order valence-electron chi connectivity index (χ1n) is 9.99. The van der Waals surface area contributed by atoms with Crippen LogP contribution in [0.4, 0.5) is 5.13 Å². The Hall–Kier alpha value is -1.48. The summed E-state index contributed by atoms with van der Waals surface area (Å²) >= 11 is 1.58.